The fraction of sp³-hybridized carbons (Fsp3) is 0.889. The summed E-state index contributed by atoms with van der Waals surface area (Å²) in [4.78, 5) is 9.06. The lowest BCUT2D eigenvalue weighted by atomic mass is 9.89. The average molecular weight is 278 g/mol. The lowest BCUT2D eigenvalue weighted by Gasteiger charge is -2.17. The SMILES string of the molecule is CC(C)(C)CC1=NCCC1.CC(C)(C)N=C1CCCC1. The highest BCUT2D eigenvalue weighted by Gasteiger charge is 2.16. The number of nitrogens with zero attached hydrogens (tertiary/aromatic N) is 2. The van der Waals surface area contributed by atoms with Crippen molar-refractivity contribution in [3.8, 4) is 0 Å². The van der Waals surface area contributed by atoms with Crippen molar-refractivity contribution in [3.63, 3.8) is 0 Å². The zero-order chi connectivity index (χ0) is 15.2. The van der Waals surface area contributed by atoms with Crippen molar-refractivity contribution in [2.45, 2.75) is 92.0 Å². The van der Waals surface area contributed by atoms with Crippen molar-refractivity contribution < 1.29 is 0 Å². The van der Waals surface area contributed by atoms with Crippen molar-refractivity contribution in [3.05, 3.63) is 0 Å². The van der Waals surface area contributed by atoms with E-state index in [0.717, 1.165) is 6.54 Å². The minimum Gasteiger partial charge on any atom is -0.294 e. The Morgan fingerprint density at radius 3 is 1.90 bits per heavy atom. The molecular weight excluding hydrogens is 244 g/mol. The third-order valence-electron chi connectivity index (χ3n) is 3.37. The molecule has 0 atom stereocenters. The Bertz CT molecular complexity index is 343. The highest BCUT2D eigenvalue weighted by Crippen LogP contribution is 2.22. The quantitative estimate of drug-likeness (QED) is 0.608. The van der Waals surface area contributed by atoms with Gasteiger partial charge in [-0.05, 0) is 71.1 Å². The summed E-state index contributed by atoms with van der Waals surface area (Å²) in [5, 5.41) is 0. The predicted molar refractivity (Wildman–Crippen MR) is 91.3 cm³/mol. The lowest BCUT2D eigenvalue weighted by Crippen LogP contribution is -2.12. The molecule has 2 nitrogen and oxygen atoms in total. The van der Waals surface area contributed by atoms with Gasteiger partial charge in [-0.15, -0.1) is 0 Å². The Labute approximate surface area is 126 Å². The van der Waals surface area contributed by atoms with E-state index in [1.54, 1.807) is 0 Å². The zero-order valence-corrected chi connectivity index (χ0v) is 14.6. The van der Waals surface area contributed by atoms with Crippen LogP contribution in [0.25, 0.3) is 0 Å². The Morgan fingerprint density at radius 1 is 0.900 bits per heavy atom. The standard InChI is InChI=1S/2C9H17N/c1-9(2,3)7-8-5-4-6-10-8;1-9(2,3)10-8-6-4-5-7-8/h2*4-7H2,1-3H3. The Morgan fingerprint density at radius 2 is 1.50 bits per heavy atom. The second-order valence-electron chi connectivity index (χ2n) is 8.34. The van der Waals surface area contributed by atoms with E-state index < -0.39 is 0 Å². The van der Waals surface area contributed by atoms with E-state index in [4.69, 9.17) is 0 Å². The highest BCUT2D eigenvalue weighted by molar-refractivity contribution is 5.86. The molecule has 0 saturated heterocycles. The minimum absolute atomic E-state index is 0.152. The van der Waals surface area contributed by atoms with E-state index in [0.29, 0.717) is 5.41 Å². The molecule has 116 valence electrons. The topological polar surface area (TPSA) is 24.7 Å². The maximum atomic E-state index is 4.62. The number of hydrogen-bond acceptors (Lipinski definition) is 2. The molecule has 0 aromatic heterocycles. The maximum absolute atomic E-state index is 4.62. The first kappa shape index (κ1) is 17.4. The summed E-state index contributed by atoms with van der Waals surface area (Å²) in [5.41, 5.74) is 3.46. The van der Waals surface area contributed by atoms with Crippen LogP contribution in [0.3, 0.4) is 0 Å². The molecule has 0 amide bonds. The molecule has 2 heteroatoms. The molecule has 1 aliphatic carbocycles. The molecule has 2 rings (SSSR count). The van der Waals surface area contributed by atoms with Gasteiger partial charge in [0.2, 0.25) is 0 Å². The van der Waals surface area contributed by atoms with Crippen LogP contribution in [0.5, 0.6) is 0 Å². The normalized spacial score (nSPS) is 19.5. The average Bonchev–Trinajstić information content (AvgIpc) is 2.87. The Balaban J connectivity index is 0.000000200. The number of aliphatic imine (C=N–C) groups is 2. The second kappa shape index (κ2) is 7.38. The monoisotopic (exact) mass is 278 g/mol. The molecule has 1 saturated carbocycles. The van der Waals surface area contributed by atoms with Gasteiger partial charge in [0.1, 0.15) is 0 Å². The van der Waals surface area contributed by atoms with Gasteiger partial charge in [-0.3, -0.25) is 9.98 Å². The molecule has 0 N–H and O–H groups in total. The van der Waals surface area contributed by atoms with Crippen LogP contribution in [0, 0.1) is 5.41 Å². The fourth-order valence-electron chi connectivity index (χ4n) is 2.73. The van der Waals surface area contributed by atoms with Crippen LogP contribution in [0.4, 0.5) is 0 Å². The molecule has 0 unspecified atom stereocenters. The first-order chi connectivity index (χ1) is 9.16. The van der Waals surface area contributed by atoms with E-state index in [1.165, 1.54) is 56.4 Å². The van der Waals surface area contributed by atoms with Gasteiger partial charge < -0.3 is 0 Å². The molecule has 0 bridgehead atoms. The van der Waals surface area contributed by atoms with Gasteiger partial charge >= 0.3 is 0 Å². The van der Waals surface area contributed by atoms with Gasteiger partial charge in [0, 0.05) is 18.0 Å². The molecular formula is C18H34N2. The van der Waals surface area contributed by atoms with Crippen molar-refractivity contribution in [1.29, 1.82) is 0 Å². The Kier molecular flexibility index (Phi) is 6.42. The van der Waals surface area contributed by atoms with E-state index in [1.807, 2.05) is 0 Å². The summed E-state index contributed by atoms with van der Waals surface area (Å²) in [5.74, 6) is 0. The van der Waals surface area contributed by atoms with Crippen LogP contribution in [0.1, 0.15) is 86.5 Å². The summed E-state index contributed by atoms with van der Waals surface area (Å²) in [7, 11) is 0. The molecule has 1 fully saturated rings. The van der Waals surface area contributed by atoms with Gasteiger partial charge in [0.25, 0.3) is 0 Å². The van der Waals surface area contributed by atoms with Gasteiger partial charge in [0.15, 0.2) is 0 Å². The van der Waals surface area contributed by atoms with Gasteiger partial charge in [0.05, 0.1) is 5.54 Å². The van der Waals surface area contributed by atoms with E-state index in [-0.39, 0.29) is 5.54 Å². The van der Waals surface area contributed by atoms with Gasteiger partial charge in [-0.2, -0.15) is 0 Å². The van der Waals surface area contributed by atoms with Crippen molar-refractivity contribution in [2.24, 2.45) is 15.4 Å². The maximum Gasteiger partial charge on any atom is 0.0523 e. The van der Waals surface area contributed by atoms with Gasteiger partial charge in [-0.25, -0.2) is 0 Å². The molecule has 2 aliphatic rings. The van der Waals surface area contributed by atoms with Crippen molar-refractivity contribution in [1.82, 2.24) is 0 Å². The summed E-state index contributed by atoms with van der Waals surface area (Å²) in [6, 6.07) is 0. The third kappa shape index (κ3) is 8.50. The van der Waals surface area contributed by atoms with Crippen molar-refractivity contribution in [2.75, 3.05) is 6.54 Å². The Hall–Kier alpha value is -0.660. The van der Waals surface area contributed by atoms with Crippen molar-refractivity contribution >= 4 is 11.4 Å². The molecule has 1 heterocycles. The minimum atomic E-state index is 0.152. The lowest BCUT2D eigenvalue weighted by molar-refractivity contribution is 0.432. The van der Waals surface area contributed by atoms with E-state index >= 15 is 0 Å². The first-order valence-corrected chi connectivity index (χ1v) is 8.25. The van der Waals surface area contributed by atoms with Crippen LogP contribution < -0.4 is 0 Å². The first-order valence-electron chi connectivity index (χ1n) is 8.25. The second-order valence-corrected chi connectivity index (χ2v) is 8.34. The zero-order valence-electron chi connectivity index (χ0n) is 14.6. The molecule has 20 heavy (non-hydrogen) atoms. The molecule has 0 aromatic carbocycles. The van der Waals surface area contributed by atoms with Crippen LogP contribution in [0.15, 0.2) is 9.98 Å². The summed E-state index contributed by atoms with van der Waals surface area (Å²) >= 11 is 0. The predicted octanol–water partition coefficient (Wildman–Crippen LogP) is 5.46. The summed E-state index contributed by atoms with van der Waals surface area (Å²) in [6.45, 7) is 14.4. The van der Waals surface area contributed by atoms with Gasteiger partial charge in [-0.1, -0.05) is 20.8 Å². The molecule has 0 radical (unpaired) electrons. The van der Waals surface area contributed by atoms with Crippen LogP contribution >= 0.6 is 0 Å². The number of hydrogen-bond donors (Lipinski definition) is 0. The summed E-state index contributed by atoms with van der Waals surface area (Å²) < 4.78 is 0. The fourth-order valence-corrected chi connectivity index (χ4v) is 2.73. The molecule has 1 aliphatic heterocycles. The largest absolute Gasteiger partial charge is 0.294 e. The van der Waals surface area contributed by atoms with Crippen LogP contribution in [-0.4, -0.2) is 23.5 Å². The molecule has 0 spiro atoms. The summed E-state index contributed by atoms with van der Waals surface area (Å²) in [6.07, 6.45) is 8.92. The smallest absolute Gasteiger partial charge is 0.0523 e. The van der Waals surface area contributed by atoms with Crippen LogP contribution in [-0.2, 0) is 0 Å². The van der Waals surface area contributed by atoms with E-state index in [2.05, 4.69) is 51.5 Å². The highest BCUT2D eigenvalue weighted by atomic mass is 14.8. The van der Waals surface area contributed by atoms with E-state index in [9.17, 15) is 0 Å². The third-order valence-corrected chi connectivity index (χ3v) is 3.37. The number of rotatable bonds is 1. The molecule has 0 aromatic rings. The van der Waals surface area contributed by atoms with Crippen LogP contribution in [0.2, 0.25) is 0 Å².